The molecule has 0 N–H and O–H groups in total. The number of carbonyl (C=O) groups excluding carboxylic acids is 1. The third-order valence-electron chi connectivity index (χ3n) is 1.10. The Kier molecular flexibility index (Phi) is 4.69. The van der Waals surface area contributed by atoms with Crippen molar-refractivity contribution in [2.24, 2.45) is 0 Å². The minimum atomic E-state index is -0.142. The first-order valence-electron chi connectivity index (χ1n) is 2.89. The van der Waals surface area contributed by atoms with Crippen molar-refractivity contribution in [2.45, 2.75) is 6.42 Å². The molecule has 10 heavy (non-hydrogen) atoms. The highest BCUT2D eigenvalue weighted by molar-refractivity contribution is 6.27. The molecule has 3 nitrogen and oxygen atoms in total. The van der Waals surface area contributed by atoms with Crippen LogP contribution in [0.4, 0.5) is 0 Å². The fourth-order valence-electron chi connectivity index (χ4n) is 0.444. The van der Waals surface area contributed by atoms with Gasteiger partial charge in [0.2, 0.25) is 5.91 Å². The van der Waals surface area contributed by atoms with Gasteiger partial charge in [0, 0.05) is 13.6 Å². The molecule has 0 atom stereocenters. The zero-order valence-electron chi connectivity index (χ0n) is 5.80. The molecule has 4 heteroatoms. The van der Waals surface area contributed by atoms with E-state index in [1.165, 1.54) is 4.90 Å². The van der Waals surface area contributed by atoms with Gasteiger partial charge < -0.3 is 4.90 Å². The highest BCUT2D eigenvalue weighted by Crippen LogP contribution is 1.89. The number of amides is 1. The average molecular weight is 161 g/mol. The summed E-state index contributed by atoms with van der Waals surface area (Å²) in [5, 5.41) is 8.15. The van der Waals surface area contributed by atoms with E-state index < -0.39 is 0 Å². The number of halogens is 1. The van der Waals surface area contributed by atoms with Crippen LogP contribution in [0.2, 0.25) is 0 Å². The van der Waals surface area contributed by atoms with Crippen LogP contribution in [0.1, 0.15) is 6.42 Å². The van der Waals surface area contributed by atoms with Gasteiger partial charge in [0.05, 0.1) is 12.5 Å². The average Bonchev–Trinajstić information content (AvgIpc) is 1.98. The van der Waals surface area contributed by atoms with E-state index in [1.807, 2.05) is 6.07 Å². The van der Waals surface area contributed by atoms with Gasteiger partial charge in [-0.2, -0.15) is 5.26 Å². The third kappa shape index (κ3) is 3.31. The Bertz CT molecular complexity index is 152. The maximum Gasteiger partial charge on any atom is 0.237 e. The van der Waals surface area contributed by atoms with Crippen LogP contribution in [0, 0.1) is 11.3 Å². The van der Waals surface area contributed by atoms with Crippen LogP contribution >= 0.6 is 11.6 Å². The molecular formula is C6H9ClN2O. The van der Waals surface area contributed by atoms with Crippen molar-refractivity contribution in [1.29, 1.82) is 5.26 Å². The highest BCUT2D eigenvalue weighted by atomic mass is 35.5. The Morgan fingerprint density at radius 2 is 2.40 bits per heavy atom. The lowest BCUT2D eigenvalue weighted by molar-refractivity contribution is -0.127. The fraction of sp³-hybridized carbons (Fsp3) is 0.667. The summed E-state index contributed by atoms with van der Waals surface area (Å²) < 4.78 is 0. The quantitative estimate of drug-likeness (QED) is 0.568. The molecule has 0 aromatic heterocycles. The summed E-state index contributed by atoms with van der Waals surface area (Å²) in [5.41, 5.74) is 0. The molecule has 0 aromatic carbocycles. The molecule has 0 aromatic rings. The number of alkyl halides is 1. The summed E-state index contributed by atoms with van der Waals surface area (Å²) in [6.07, 6.45) is 0.360. The summed E-state index contributed by atoms with van der Waals surface area (Å²) in [7, 11) is 1.63. The van der Waals surface area contributed by atoms with Gasteiger partial charge in [-0.3, -0.25) is 4.79 Å². The monoisotopic (exact) mass is 160 g/mol. The van der Waals surface area contributed by atoms with Crippen LogP contribution in [0.5, 0.6) is 0 Å². The van der Waals surface area contributed by atoms with E-state index in [0.29, 0.717) is 13.0 Å². The molecule has 0 radical (unpaired) electrons. The number of hydrogen-bond acceptors (Lipinski definition) is 2. The molecule has 1 amide bonds. The summed E-state index contributed by atoms with van der Waals surface area (Å²) in [6.45, 7) is 0.460. The predicted molar refractivity (Wildman–Crippen MR) is 38.6 cm³/mol. The first kappa shape index (κ1) is 9.25. The third-order valence-corrected chi connectivity index (χ3v) is 1.33. The van der Waals surface area contributed by atoms with Gasteiger partial charge in [-0.05, 0) is 0 Å². The number of nitriles is 1. The maximum atomic E-state index is 10.7. The van der Waals surface area contributed by atoms with Gasteiger partial charge in [0.1, 0.15) is 5.88 Å². The highest BCUT2D eigenvalue weighted by Gasteiger charge is 2.04. The summed E-state index contributed by atoms with van der Waals surface area (Å²) in [4.78, 5) is 12.1. The Hall–Kier alpha value is -0.750. The molecule has 0 fully saturated rings. The molecule has 0 heterocycles. The van der Waals surface area contributed by atoms with E-state index in [2.05, 4.69) is 0 Å². The van der Waals surface area contributed by atoms with Crippen molar-refractivity contribution in [3.05, 3.63) is 0 Å². The van der Waals surface area contributed by atoms with Crippen molar-refractivity contribution >= 4 is 17.5 Å². The summed E-state index contributed by atoms with van der Waals surface area (Å²) in [5.74, 6) is -0.154. The molecule has 0 spiro atoms. The van der Waals surface area contributed by atoms with E-state index in [1.54, 1.807) is 7.05 Å². The van der Waals surface area contributed by atoms with Crippen molar-refractivity contribution in [3.63, 3.8) is 0 Å². The Morgan fingerprint density at radius 1 is 1.80 bits per heavy atom. The van der Waals surface area contributed by atoms with Gasteiger partial charge in [-0.25, -0.2) is 0 Å². The molecule has 0 bridgehead atoms. The Balaban J connectivity index is 3.53. The second-order valence-electron chi connectivity index (χ2n) is 1.86. The van der Waals surface area contributed by atoms with E-state index in [-0.39, 0.29) is 11.8 Å². The lowest BCUT2D eigenvalue weighted by atomic mass is 10.4. The van der Waals surface area contributed by atoms with E-state index in [4.69, 9.17) is 16.9 Å². The topological polar surface area (TPSA) is 44.1 Å². The molecule has 0 rings (SSSR count). The maximum absolute atomic E-state index is 10.7. The lowest BCUT2D eigenvalue weighted by Gasteiger charge is -2.12. The standard InChI is InChI=1S/C6H9ClN2O/c1-9(4-2-3-8)6(10)5-7/h2,4-5H2,1H3. The van der Waals surface area contributed by atoms with Crippen LogP contribution in [-0.2, 0) is 4.79 Å². The molecule has 0 saturated carbocycles. The second kappa shape index (κ2) is 5.07. The first-order chi connectivity index (χ1) is 4.72. The number of rotatable bonds is 3. The van der Waals surface area contributed by atoms with Gasteiger partial charge in [-0.1, -0.05) is 0 Å². The Morgan fingerprint density at radius 3 is 2.80 bits per heavy atom. The zero-order valence-corrected chi connectivity index (χ0v) is 6.56. The SMILES string of the molecule is CN(CCC#N)C(=O)CCl. The van der Waals surface area contributed by atoms with Crippen molar-refractivity contribution in [3.8, 4) is 6.07 Å². The van der Waals surface area contributed by atoms with E-state index in [0.717, 1.165) is 0 Å². The molecule has 56 valence electrons. The van der Waals surface area contributed by atoms with E-state index >= 15 is 0 Å². The minimum Gasteiger partial charge on any atom is -0.344 e. The molecule has 0 aliphatic carbocycles. The van der Waals surface area contributed by atoms with Gasteiger partial charge >= 0.3 is 0 Å². The van der Waals surface area contributed by atoms with Crippen LogP contribution in [0.15, 0.2) is 0 Å². The smallest absolute Gasteiger partial charge is 0.237 e. The molecular weight excluding hydrogens is 152 g/mol. The first-order valence-corrected chi connectivity index (χ1v) is 3.42. The number of nitrogens with zero attached hydrogens (tertiary/aromatic N) is 2. The van der Waals surface area contributed by atoms with Gasteiger partial charge in [0.25, 0.3) is 0 Å². The summed E-state index contributed by atoms with van der Waals surface area (Å²) >= 11 is 5.25. The number of hydrogen-bond donors (Lipinski definition) is 0. The molecule has 0 unspecified atom stereocenters. The summed E-state index contributed by atoms with van der Waals surface area (Å²) in [6, 6.07) is 1.94. The van der Waals surface area contributed by atoms with Gasteiger partial charge in [0.15, 0.2) is 0 Å². The van der Waals surface area contributed by atoms with Crippen molar-refractivity contribution < 1.29 is 4.79 Å². The predicted octanol–water partition coefficient (Wildman–Crippen LogP) is 0.597. The fourth-order valence-corrected chi connectivity index (χ4v) is 0.648. The van der Waals surface area contributed by atoms with Gasteiger partial charge in [-0.15, -0.1) is 11.6 Å². The van der Waals surface area contributed by atoms with Crippen molar-refractivity contribution in [2.75, 3.05) is 19.5 Å². The second-order valence-corrected chi connectivity index (χ2v) is 2.12. The van der Waals surface area contributed by atoms with E-state index in [9.17, 15) is 4.79 Å². The van der Waals surface area contributed by atoms with Crippen LogP contribution in [-0.4, -0.2) is 30.3 Å². The Labute approximate surface area is 65.2 Å². The van der Waals surface area contributed by atoms with Crippen LogP contribution < -0.4 is 0 Å². The zero-order chi connectivity index (χ0) is 7.98. The minimum absolute atomic E-state index is 0.0120. The lowest BCUT2D eigenvalue weighted by Crippen LogP contribution is -2.28. The largest absolute Gasteiger partial charge is 0.344 e. The molecule has 0 aliphatic heterocycles. The van der Waals surface area contributed by atoms with Crippen molar-refractivity contribution in [1.82, 2.24) is 4.90 Å². The number of carbonyl (C=O) groups is 1. The van der Waals surface area contributed by atoms with Crippen LogP contribution in [0.25, 0.3) is 0 Å². The molecule has 0 saturated heterocycles. The molecule has 0 aliphatic rings. The van der Waals surface area contributed by atoms with Crippen LogP contribution in [0.3, 0.4) is 0 Å². The normalized spacial score (nSPS) is 8.50.